The van der Waals surface area contributed by atoms with Crippen molar-refractivity contribution in [1.29, 1.82) is 0 Å². The SMILES string of the molecule is Cc1cccc(C)c1Oc1cn(C)c(=O)cc1Br. The van der Waals surface area contributed by atoms with Crippen LogP contribution in [0.2, 0.25) is 0 Å². The molecular formula is C14H14BrNO2. The molecule has 1 aromatic carbocycles. The lowest BCUT2D eigenvalue weighted by Crippen LogP contribution is -2.14. The molecule has 1 heterocycles. The molecule has 0 spiro atoms. The summed E-state index contributed by atoms with van der Waals surface area (Å²) in [6.07, 6.45) is 1.68. The molecule has 0 fully saturated rings. The standard InChI is InChI=1S/C14H14BrNO2/c1-9-5-4-6-10(2)14(9)18-12-8-16(3)13(17)7-11(12)15/h4-8H,1-3H3. The molecule has 1 aromatic heterocycles. The van der Waals surface area contributed by atoms with E-state index in [1.807, 2.05) is 32.0 Å². The zero-order valence-corrected chi connectivity index (χ0v) is 12.1. The molecule has 0 atom stereocenters. The zero-order valence-electron chi connectivity index (χ0n) is 10.5. The molecule has 0 saturated heterocycles. The van der Waals surface area contributed by atoms with Gasteiger partial charge in [0.25, 0.3) is 5.56 Å². The largest absolute Gasteiger partial charge is 0.454 e. The van der Waals surface area contributed by atoms with Crippen LogP contribution in [0.4, 0.5) is 0 Å². The predicted octanol–water partition coefficient (Wildman–Crippen LogP) is 3.56. The number of benzene rings is 1. The fourth-order valence-corrected chi connectivity index (χ4v) is 2.11. The summed E-state index contributed by atoms with van der Waals surface area (Å²) in [5.41, 5.74) is 2.06. The van der Waals surface area contributed by atoms with E-state index in [0.717, 1.165) is 16.9 Å². The van der Waals surface area contributed by atoms with Gasteiger partial charge < -0.3 is 9.30 Å². The summed E-state index contributed by atoms with van der Waals surface area (Å²) in [6.45, 7) is 4.00. The van der Waals surface area contributed by atoms with Gasteiger partial charge in [0.15, 0.2) is 5.75 Å². The number of halogens is 1. The number of aryl methyl sites for hydroxylation is 3. The molecule has 0 amide bonds. The lowest BCUT2D eigenvalue weighted by atomic mass is 10.1. The van der Waals surface area contributed by atoms with Crippen molar-refractivity contribution in [2.45, 2.75) is 13.8 Å². The number of nitrogens with zero attached hydrogens (tertiary/aromatic N) is 1. The lowest BCUT2D eigenvalue weighted by Gasteiger charge is -2.13. The second-order valence-electron chi connectivity index (χ2n) is 4.26. The van der Waals surface area contributed by atoms with Crippen molar-refractivity contribution >= 4 is 15.9 Å². The first-order valence-corrected chi connectivity index (χ1v) is 6.38. The van der Waals surface area contributed by atoms with Crippen molar-refractivity contribution in [2.75, 3.05) is 0 Å². The predicted molar refractivity (Wildman–Crippen MR) is 75.4 cm³/mol. The quantitative estimate of drug-likeness (QED) is 0.849. The van der Waals surface area contributed by atoms with Gasteiger partial charge in [-0.2, -0.15) is 0 Å². The third-order valence-corrected chi connectivity index (χ3v) is 3.38. The number of hydrogen-bond donors (Lipinski definition) is 0. The summed E-state index contributed by atoms with van der Waals surface area (Å²) in [6, 6.07) is 7.49. The molecule has 3 nitrogen and oxygen atoms in total. The Labute approximate surface area is 114 Å². The molecule has 0 saturated carbocycles. The molecular weight excluding hydrogens is 294 g/mol. The van der Waals surface area contributed by atoms with Crippen LogP contribution in [0.25, 0.3) is 0 Å². The second-order valence-corrected chi connectivity index (χ2v) is 5.11. The van der Waals surface area contributed by atoms with Crippen LogP contribution in [-0.4, -0.2) is 4.57 Å². The molecule has 0 radical (unpaired) electrons. The minimum absolute atomic E-state index is 0.0734. The van der Waals surface area contributed by atoms with E-state index in [2.05, 4.69) is 15.9 Å². The van der Waals surface area contributed by atoms with Crippen LogP contribution in [-0.2, 0) is 7.05 Å². The Morgan fingerprint density at radius 2 is 1.83 bits per heavy atom. The van der Waals surface area contributed by atoms with Gasteiger partial charge in [0.1, 0.15) is 5.75 Å². The Kier molecular flexibility index (Phi) is 3.57. The van der Waals surface area contributed by atoms with Crippen LogP contribution in [0.1, 0.15) is 11.1 Å². The van der Waals surface area contributed by atoms with E-state index in [-0.39, 0.29) is 5.56 Å². The summed E-state index contributed by atoms with van der Waals surface area (Å²) in [7, 11) is 1.70. The highest BCUT2D eigenvalue weighted by molar-refractivity contribution is 9.10. The number of ether oxygens (including phenoxy) is 1. The highest BCUT2D eigenvalue weighted by atomic mass is 79.9. The maximum Gasteiger partial charge on any atom is 0.251 e. The van der Waals surface area contributed by atoms with E-state index < -0.39 is 0 Å². The number of rotatable bonds is 2. The van der Waals surface area contributed by atoms with E-state index in [9.17, 15) is 4.79 Å². The van der Waals surface area contributed by atoms with Crippen molar-refractivity contribution in [3.05, 3.63) is 56.4 Å². The van der Waals surface area contributed by atoms with Gasteiger partial charge in [-0.25, -0.2) is 0 Å². The van der Waals surface area contributed by atoms with Crippen molar-refractivity contribution in [3.8, 4) is 11.5 Å². The Bertz CT molecular complexity index is 626. The van der Waals surface area contributed by atoms with Crippen molar-refractivity contribution in [1.82, 2.24) is 4.57 Å². The molecule has 2 rings (SSSR count). The van der Waals surface area contributed by atoms with Crippen molar-refractivity contribution in [2.24, 2.45) is 7.05 Å². The van der Waals surface area contributed by atoms with E-state index in [0.29, 0.717) is 10.2 Å². The smallest absolute Gasteiger partial charge is 0.251 e. The maximum absolute atomic E-state index is 11.5. The fraction of sp³-hybridized carbons (Fsp3) is 0.214. The first-order valence-electron chi connectivity index (χ1n) is 5.59. The molecule has 2 aromatic rings. The first-order chi connectivity index (χ1) is 8.49. The maximum atomic E-state index is 11.5. The number of para-hydroxylation sites is 1. The van der Waals surface area contributed by atoms with Gasteiger partial charge >= 0.3 is 0 Å². The molecule has 0 N–H and O–H groups in total. The van der Waals surface area contributed by atoms with E-state index in [4.69, 9.17) is 4.74 Å². The molecule has 18 heavy (non-hydrogen) atoms. The van der Waals surface area contributed by atoms with Gasteiger partial charge in [0.2, 0.25) is 0 Å². The van der Waals surface area contributed by atoms with Gasteiger partial charge in [0, 0.05) is 13.1 Å². The zero-order chi connectivity index (χ0) is 13.3. The van der Waals surface area contributed by atoms with E-state index in [1.54, 1.807) is 13.2 Å². The molecule has 0 aliphatic heterocycles. The molecule has 4 heteroatoms. The highest BCUT2D eigenvalue weighted by Gasteiger charge is 2.09. The van der Waals surface area contributed by atoms with Crippen molar-refractivity contribution in [3.63, 3.8) is 0 Å². The summed E-state index contributed by atoms with van der Waals surface area (Å²) in [4.78, 5) is 11.5. The Morgan fingerprint density at radius 1 is 1.22 bits per heavy atom. The third-order valence-electron chi connectivity index (χ3n) is 2.76. The average Bonchev–Trinajstić information content (AvgIpc) is 2.30. The number of aromatic nitrogens is 1. The van der Waals surface area contributed by atoms with Crippen LogP contribution in [0, 0.1) is 13.8 Å². The normalized spacial score (nSPS) is 10.4. The topological polar surface area (TPSA) is 31.2 Å². The minimum Gasteiger partial charge on any atom is -0.454 e. The summed E-state index contributed by atoms with van der Waals surface area (Å²) >= 11 is 3.35. The van der Waals surface area contributed by atoms with Crippen LogP contribution < -0.4 is 10.3 Å². The highest BCUT2D eigenvalue weighted by Crippen LogP contribution is 2.32. The van der Waals surface area contributed by atoms with Crippen LogP contribution in [0.15, 0.2) is 39.7 Å². The molecule has 0 aliphatic carbocycles. The van der Waals surface area contributed by atoms with E-state index in [1.165, 1.54) is 10.6 Å². The minimum atomic E-state index is -0.0734. The summed E-state index contributed by atoms with van der Waals surface area (Å²) < 4.78 is 8.05. The van der Waals surface area contributed by atoms with Gasteiger partial charge in [0.05, 0.1) is 10.7 Å². The van der Waals surface area contributed by atoms with Crippen LogP contribution in [0.3, 0.4) is 0 Å². The van der Waals surface area contributed by atoms with E-state index >= 15 is 0 Å². The summed E-state index contributed by atoms with van der Waals surface area (Å²) in [5.74, 6) is 1.46. The van der Waals surface area contributed by atoms with Crippen LogP contribution in [0.5, 0.6) is 11.5 Å². The molecule has 0 unspecified atom stereocenters. The molecule has 94 valence electrons. The number of hydrogen-bond acceptors (Lipinski definition) is 2. The Morgan fingerprint density at radius 3 is 2.44 bits per heavy atom. The summed E-state index contributed by atoms with van der Waals surface area (Å²) in [5, 5.41) is 0. The fourth-order valence-electron chi connectivity index (χ4n) is 1.73. The van der Waals surface area contributed by atoms with Crippen molar-refractivity contribution < 1.29 is 4.74 Å². The monoisotopic (exact) mass is 307 g/mol. The van der Waals surface area contributed by atoms with Gasteiger partial charge in [-0.1, -0.05) is 18.2 Å². The number of pyridine rings is 1. The lowest BCUT2D eigenvalue weighted by molar-refractivity contribution is 0.465. The average molecular weight is 308 g/mol. The molecule has 0 aliphatic rings. The second kappa shape index (κ2) is 4.98. The van der Waals surface area contributed by atoms with Gasteiger partial charge in [-0.15, -0.1) is 0 Å². The third kappa shape index (κ3) is 2.48. The Balaban J connectivity index is 2.46. The van der Waals surface area contributed by atoms with Gasteiger partial charge in [-0.3, -0.25) is 4.79 Å². The first kappa shape index (κ1) is 12.9. The molecule has 0 bridgehead atoms. The van der Waals surface area contributed by atoms with Crippen LogP contribution >= 0.6 is 15.9 Å². The van der Waals surface area contributed by atoms with Gasteiger partial charge in [-0.05, 0) is 40.9 Å². The Hall–Kier alpha value is -1.55.